The van der Waals surface area contributed by atoms with Crippen molar-refractivity contribution >= 4 is 5.91 Å². The first kappa shape index (κ1) is 17.4. The van der Waals surface area contributed by atoms with E-state index in [9.17, 15) is 4.79 Å². The highest BCUT2D eigenvalue weighted by molar-refractivity contribution is 5.77. The van der Waals surface area contributed by atoms with Crippen LogP contribution in [0.3, 0.4) is 0 Å². The van der Waals surface area contributed by atoms with Crippen LogP contribution in [-0.4, -0.2) is 68.1 Å². The Labute approximate surface area is 123 Å². The third-order valence-electron chi connectivity index (χ3n) is 3.80. The number of carbonyl (C=O) groups excluding carboxylic acids is 1. The van der Waals surface area contributed by atoms with Crippen molar-refractivity contribution < 1.29 is 4.79 Å². The van der Waals surface area contributed by atoms with Gasteiger partial charge in [0.2, 0.25) is 5.91 Å². The first-order chi connectivity index (χ1) is 9.76. The van der Waals surface area contributed by atoms with Gasteiger partial charge >= 0.3 is 0 Å². The molecule has 0 aliphatic carbocycles. The molecule has 1 rings (SSSR count). The van der Waals surface area contributed by atoms with Crippen LogP contribution < -0.4 is 11.1 Å². The highest BCUT2D eigenvalue weighted by atomic mass is 16.2. The minimum atomic E-state index is 0.170. The highest BCUT2D eigenvalue weighted by Crippen LogP contribution is 2.05. The predicted molar refractivity (Wildman–Crippen MR) is 83.7 cm³/mol. The van der Waals surface area contributed by atoms with Crippen LogP contribution >= 0.6 is 0 Å². The number of nitrogens with one attached hydrogen (secondary N) is 1. The van der Waals surface area contributed by atoms with Crippen LogP contribution in [0.4, 0.5) is 0 Å². The number of carbonyl (C=O) groups is 1. The average Bonchev–Trinajstić information content (AvgIpc) is 2.67. The molecule has 0 atom stereocenters. The molecule has 118 valence electrons. The van der Waals surface area contributed by atoms with Crippen molar-refractivity contribution in [1.29, 1.82) is 0 Å². The average molecular weight is 284 g/mol. The van der Waals surface area contributed by atoms with Crippen molar-refractivity contribution in [3.63, 3.8) is 0 Å². The van der Waals surface area contributed by atoms with E-state index in [0.717, 1.165) is 58.5 Å². The maximum absolute atomic E-state index is 11.7. The van der Waals surface area contributed by atoms with E-state index in [1.165, 1.54) is 19.4 Å². The summed E-state index contributed by atoms with van der Waals surface area (Å²) < 4.78 is 0. The summed E-state index contributed by atoms with van der Waals surface area (Å²) in [7, 11) is 0. The molecule has 1 heterocycles. The van der Waals surface area contributed by atoms with Gasteiger partial charge in [-0.3, -0.25) is 9.69 Å². The maximum atomic E-state index is 11.7. The molecule has 0 bridgehead atoms. The molecule has 20 heavy (non-hydrogen) atoms. The molecular weight excluding hydrogens is 252 g/mol. The monoisotopic (exact) mass is 284 g/mol. The number of rotatable bonds is 9. The summed E-state index contributed by atoms with van der Waals surface area (Å²) in [5, 5.41) is 2.95. The van der Waals surface area contributed by atoms with Crippen molar-refractivity contribution in [2.24, 2.45) is 5.73 Å². The van der Waals surface area contributed by atoms with E-state index < -0.39 is 0 Å². The first-order valence-corrected chi connectivity index (χ1v) is 8.17. The standard InChI is InChI=1S/C15H32N4O/c1-2-8-17-15(20)14-19-11-6-10-18(12-13-19)9-5-3-4-7-16/h2-14,16H2,1H3,(H,17,20). The fraction of sp³-hybridized carbons (Fsp3) is 0.933. The Bertz CT molecular complexity index is 260. The topological polar surface area (TPSA) is 61.6 Å². The molecule has 0 radical (unpaired) electrons. The van der Waals surface area contributed by atoms with Gasteiger partial charge in [-0.2, -0.15) is 0 Å². The van der Waals surface area contributed by atoms with E-state index in [0.29, 0.717) is 6.54 Å². The summed E-state index contributed by atoms with van der Waals surface area (Å²) in [5.74, 6) is 0.170. The Kier molecular flexibility index (Phi) is 9.62. The Balaban J connectivity index is 2.16. The van der Waals surface area contributed by atoms with Crippen LogP contribution in [-0.2, 0) is 4.79 Å². The Morgan fingerprint density at radius 2 is 1.85 bits per heavy atom. The Morgan fingerprint density at radius 3 is 2.60 bits per heavy atom. The minimum absolute atomic E-state index is 0.170. The van der Waals surface area contributed by atoms with Crippen molar-refractivity contribution in [3.8, 4) is 0 Å². The Hall–Kier alpha value is -0.650. The van der Waals surface area contributed by atoms with Gasteiger partial charge in [-0.25, -0.2) is 0 Å². The maximum Gasteiger partial charge on any atom is 0.234 e. The lowest BCUT2D eigenvalue weighted by molar-refractivity contribution is -0.122. The molecule has 0 unspecified atom stereocenters. The van der Waals surface area contributed by atoms with Crippen molar-refractivity contribution in [2.45, 2.75) is 39.0 Å². The lowest BCUT2D eigenvalue weighted by Gasteiger charge is -2.21. The van der Waals surface area contributed by atoms with E-state index >= 15 is 0 Å². The predicted octanol–water partition coefficient (Wildman–Crippen LogP) is 0.649. The molecule has 5 nitrogen and oxygen atoms in total. The third-order valence-corrected chi connectivity index (χ3v) is 3.80. The quantitative estimate of drug-likeness (QED) is 0.610. The molecule has 0 aromatic carbocycles. The van der Waals surface area contributed by atoms with Crippen LogP contribution in [0, 0.1) is 0 Å². The van der Waals surface area contributed by atoms with Gasteiger partial charge < -0.3 is 16.0 Å². The molecular formula is C15H32N4O. The molecule has 1 fully saturated rings. The molecule has 1 saturated heterocycles. The van der Waals surface area contributed by atoms with Crippen LogP contribution in [0.1, 0.15) is 39.0 Å². The fourth-order valence-corrected chi connectivity index (χ4v) is 2.59. The van der Waals surface area contributed by atoms with Gasteiger partial charge in [0, 0.05) is 19.6 Å². The van der Waals surface area contributed by atoms with E-state index in [2.05, 4.69) is 22.0 Å². The summed E-state index contributed by atoms with van der Waals surface area (Å²) in [6, 6.07) is 0. The minimum Gasteiger partial charge on any atom is -0.355 e. The van der Waals surface area contributed by atoms with Crippen molar-refractivity contribution in [2.75, 3.05) is 52.4 Å². The molecule has 1 aliphatic rings. The lowest BCUT2D eigenvalue weighted by Crippen LogP contribution is -2.39. The normalized spacial score (nSPS) is 17.9. The van der Waals surface area contributed by atoms with Crippen molar-refractivity contribution in [3.05, 3.63) is 0 Å². The Morgan fingerprint density at radius 1 is 1.10 bits per heavy atom. The van der Waals surface area contributed by atoms with Gasteiger partial charge in [-0.15, -0.1) is 0 Å². The van der Waals surface area contributed by atoms with Gasteiger partial charge in [0.15, 0.2) is 0 Å². The number of hydrogen-bond donors (Lipinski definition) is 2. The van der Waals surface area contributed by atoms with Gasteiger partial charge in [0.25, 0.3) is 0 Å². The molecule has 1 amide bonds. The number of nitrogens with zero attached hydrogens (tertiary/aromatic N) is 2. The number of amides is 1. The molecule has 3 N–H and O–H groups in total. The number of nitrogens with two attached hydrogens (primary N) is 1. The summed E-state index contributed by atoms with van der Waals surface area (Å²) in [5.41, 5.74) is 5.51. The van der Waals surface area contributed by atoms with Gasteiger partial charge in [0.05, 0.1) is 6.54 Å². The van der Waals surface area contributed by atoms with Crippen LogP contribution in [0.15, 0.2) is 0 Å². The van der Waals surface area contributed by atoms with Crippen molar-refractivity contribution in [1.82, 2.24) is 15.1 Å². The van der Waals surface area contributed by atoms with Gasteiger partial charge in [-0.1, -0.05) is 13.3 Å². The van der Waals surface area contributed by atoms with E-state index in [4.69, 9.17) is 5.73 Å². The molecule has 1 aliphatic heterocycles. The second-order valence-corrected chi connectivity index (χ2v) is 5.67. The zero-order valence-electron chi connectivity index (χ0n) is 13.1. The first-order valence-electron chi connectivity index (χ1n) is 8.17. The summed E-state index contributed by atoms with van der Waals surface area (Å²) in [6.45, 7) is 9.71. The molecule has 0 spiro atoms. The van der Waals surface area contributed by atoms with E-state index in [-0.39, 0.29) is 5.91 Å². The van der Waals surface area contributed by atoms with Crippen LogP contribution in [0.25, 0.3) is 0 Å². The largest absolute Gasteiger partial charge is 0.355 e. The lowest BCUT2D eigenvalue weighted by atomic mass is 10.2. The smallest absolute Gasteiger partial charge is 0.234 e. The zero-order chi connectivity index (χ0) is 14.6. The third kappa shape index (κ3) is 7.82. The molecule has 0 aromatic rings. The second kappa shape index (κ2) is 11.1. The van der Waals surface area contributed by atoms with Gasteiger partial charge in [-0.05, 0) is 51.9 Å². The van der Waals surface area contributed by atoms with E-state index in [1.807, 2.05) is 0 Å². The van der Waals surface area contributed by atoms with Crippen LogP contribution in [0.2, 0.25) is 0 Å². The SMILES string of the molecule is CCCNC(=O)CN1CCCN(CCCCCN)CC1. The van der Waals surface area contributed by atoms with E-state index in [1.54, 1.807) is 0 Å². The second-order valence-electron chi connectivity index (χ2n) is 5.67. The van der Waals surface area contributed by atoms with Gasteiger partial charge in [0.1, 0.15) is 0 Å². The van der Waals surface area contributed by atoms with Crippen LogP contribution in [0.5, 0.6) is 0 Å². The molecule has 5 heteroatoms. The zero-order valence-corrected chi connectivity index (χ0v) is 13.1. The fourth-order valence-electron chi connectivity index (χ4n) is 2.59. The summed E-state index contributed by atoms with van der Waals surface area (Å²) in [4.78, 5) is 16.5. The number of unbranched alkanes of at least 4 members (excludes halogenated alkanes) is 2. The molecule has 0 saturated carbocycles. The summed E-state index contributed by atoms with van der Waals surface area (Å²) in [6.07, 6.45) is 5.78. The highest BCUT2D eigenvalue weighted by Gasteiger charge is 2.16. The summed E-state index contributed by atoms with van der Waals surface area (Å²) >= 11 is 0. The number of hydrogen-bond acceptors (Lipinski definition) is 4. The molecule has 0 aromatic heterocycles.